The highest BCUT2D eigenvalue weighted by Gasteiger charge is 2.44. The van der Waals surface area contributed by atoms with E-state index in [1.54, 1.807) is 0 Å². The van der Waals surface area contributed by atoms with E-state index in [2.05, 4.69) is 505 Å². The van der Waals surface area contributed by atoms with Crippen molar-refractivity contribution in [2.45, 2.75) is 57.8 Å². The number of fused-ring (bicyclic) bond motifs is 24. The van der Waals surface area contributed by atoms with Gasteiger partial charge in [0.05, 0.1) is 28.1 Å². The fourth-order valence-corrected chi connectivity index (χ4v) is 23.6. The topological polar surface area (TPSA) is 49.1 Å². The minimum Gasteiger partial charge on any atom is -0.456 e. The third kappa shape index (κ3) is 13.8. The molecule has 3 aromatic heterocycles. The van der Waals surface area contributed by atoms with Crippen molar-refractivity contribution in [2.24, 2.45) is 0 Å². The van der Waals surface area contributed by atoms with Crippen molar-refractivity contribution in [2.75, 3.05) is 14.7 Å². The molecule has 0 atom stereocenters. The highest BCUT2D eigenvalue weighted by Crippen LogP contribution is 2.62. The summed E-state index contributed by atoms with van der Waals surface area (Å²) in [7, 11) is 0. The average molecular weight is 1810 g/mol. The van der Waals surface area contributed by atoms with Crippen molar-refractivity contribution in [3.63, 3.8) is 0 Å². The lowest BCUT2D eigenvalue weighted by Crippen LogP contribution is -2.17. The molecule has 0 spiro atoms. The van der Waals surface area contributed by atoms with Crippen LogP contribution in [0.15, 0.2) is 492 Å². The van der Waals surface area contributed by atoms with Gasteiger partial charge in [0.25, 0.3) is 0 Å². The summed E-state index contributed by atoms with van der Waals surface area (Å²) in [4.78, 5) is 7.35. The molecule has 0 N–H and O–H groups in total. The van der Waals surface area contributed by atoms with E-state index in [0.717, 1.165) is 111 Å². The SMILES string of the molecule is CC1(C)c2ccccc2-c2c(N(c3ccc(-c4ccccc4)cc3)c3ccc(-c4cccc5c4oc4ccccc45)cc3)cc3ccccc3c21.CC1(C)c2ccccc2-c2c(N(c3ccc(-c4ccccc4)cc3)c3ccc4oc5ccccc5c4c3)cc3ccccc3c21.CC1(C)c2ccccc2-c2c(N(c3ccc(-c4ccccc4)cc3)c3cccc4oc5ccccc5c34)cc3ccccc3c21. The number of benzene rings is 22. The first-order chi connectivity index (χ1) is 69.2. The van der Waals surface area contributed by atoms with Crippen LogP contribution in [-0.4, -0.2) is 0 Å². The molecule has 0 unspecified atom stereocenters. The molecule has 670 valence electrons. The standard InChI is InChI=1S/C49H35NO.2C43H31NO/c1-49(2)43-21-10-8-18-42(43)46-44(31-35-15-6-7-16-38(35)47(46)49)50(36-27-23-33(24-28-36)32-13-4-3-5-14-32)37-29-25-34(26-30-37)39-19-12-20-41-40-17-9-11-22-45(40)51-48(39)41;1-43(2)35-19-10-8-17-33(35)41-37(27-30-15-6-7-16-32(30)42(41)43)44(31-25-23-29(24-26-31)28-13-4-3-5-14-28)36-20-12-22-39-40(36)34-18-9-11-21-38(34)45-39;1-43(2)37-18-10-8-17-35(37)41-38(26-30-14-6-7-15-33(30)42(41)43)44(31-22-20-29(21-23-31)28-12-4-3-5-13-28)32-24-25-40-36(27-32)34-16-9-11-19-39(34)45-40/h3-31H,1-2H3;2*3-27H,1-2H3. The predicted molar refractivity (Wildman–Crippen MR) is 592 cm³/mol. The van der Waals surface area contributed by atoms with E-state index in [4.69, 9.17) is 13.3 Å². The molecule has 141 heavy (non-hydrogen) atoms. The maximum Gasteiger partial charge on any atom is 0.143 e. The Bertz CT molecular complexity index is 9250. The van der Waals surface area contributed by atoms with Gasteiger partial charge in [-0.15, -0.1) is 0 Å². The highest BCUT2D eigenvalue weighted by atomic mass is 16.3. The van der Waals surface area contributed by atoms with E-state index in [0.29, 0.717) is 0 Å². The van der Waals surface area contributed by atoms with E-state index in [1.165, 1.54) is 150 Å². The van der Waals surface area contributed by atoms with Gasteiger partial charge in [-0.05, 0) is 237 Å². The summed E-state index contributed by atoms with van der Waals surface area (Å²) in [6.07, 6.45) is 0. The zero-order valence-electron chi connectivity index (χ0n) is 79.2. The second-order valence-corrected chi connectivity index (χ2v) is 39.2. The summed E-state index contributed by atoms with van der Waals surface area (Å²) in [6, 6.07) is 173. The zero-order valence-corrected chi connectivity index (χ0v) is 79.2. The molecule has 3 aliphatic carbocycles. The number of hydrogen-bond acceptors (Lipinski definition) is 6. The maximum atomic E-state index is 6.44. The normalized spacial score (nSPS) is 13.2. The first kappa shape index (κ1) is 84.0. The van der Waals surface area contributed by atoms with Gasteiger partial charge < -0.3 is 28.0 Å². The second kappa shape index (κ2) is 33.4. The third-order valence-electron chi connectivity index (χ3n) is 30.1. The van der Waals surface area contributed by atoms with Gasteiger partial charge in [-0.1, -0.05) is 406 Å². The van der Waals surface area contributed by atoms with Gasteiger partial charge in [-0.25, -0.2) is 0 Å². The van der Waals surface area contributed by atoms with E-state index < -0.39 is 0 Å². The molecule has 3 aliphatic rings. The van der Waals surface area contributed by atoms with Crippen LogP contribution in [0.1, 0.15) is 74.9 Å². The number of rotatable bonds is 13. The summed E-state index contributed by atoms with van der Waals surface area (Å²) in [5, 5.41) is 14.4. The quantitative estimate of drug-likeness (QED) is 0.115. The molecular weight excluding hydrogens is 1710 g/mol. The van der Waals surface area contributed by atoms with Crippen LogP contribution in [0.5, 0.6) is 0 Å². The Morgan fingerprint density at radius 1 is 0.177 bits per heavy atom. The van der Waals surface area contributed by atoms with Crippen molar-refractivity contribution in [1.29, 1.82) is 0 Å². The maximum absolute atomic E-state index is 6.44. The zero-order chi connectivity index (χ0) is 94.4. The summed E-state index contributed by atoms with van der Waals surface area (Å²) in [5.41, 5.74) is 40.6. The molecule has 0 fully saturated rings. The van der Waals surface area contributed by atoms with Crippen molar-refractivity contribution in [3.8, 4) is 77.9 Å². The van der Waals surface area contributed by atoms with Crippen molar-refractivity contribution >= 4 is 149 Å². The van der Waals surface area contributed by atoms with Crippen LogP contribution in [0.25, 0.3) is 176 Å². The number of nitrogens with zero attached hydrogens (tertiary/aromatic N) is 3. The minimum atomic E-state index is -0.154. The van der Waals surface area contributed by atoms with Crippen molar-refractivity contribution < 1.29 is 13.3 Å². The van der Waals surface area contributed by atoms with Gasteiger partial charge in [0.15, 0.2) is 0 Å². The molecule has 6 heteroatoms. The summed E-state index contributed by atoms with van der Waals surface area (Å²) in [6.45, 7) is 14.2. The smallest absolute Gasteiger partial charge is 0.143 e. The summed E-state index contributed by atoms with van der Waals surface area (Å²) in [5.74, 6) is 0. The number of furan rings is 3. The Morgan fingerprint density at radius 3 is 0.915 bits per heavy atom. The Morgan fingerprint density at radius 2 is 0.468 bits per heavy atom. The van der Waals surface area contributed by atoms with E-state index in [9.17, 15) is 0 Å². The molecule has 0 amide bonds. The third-order valence-corrected chi connectivity index (χ3v) is 30.1. The molecule has 0 aliphatic heterocycles. The molecule has 22 aromatic carbocycles. The van der Waals surface area contributed by atoms with Crippen LogP contribution in [0.4, 0.5) is 51.2 Å². The second-order valence-electron chi connectivity index (χ2n) is 39.2. The molecular formula is C135H97N3O3. The molecule has 28 rings (SSSR count). The van der Waals surface area contributed by atoms with Crippen molar-refractivity contribution in [3.05, 3.63) is 513 Å². The molecule has 0 saturated heterocycles. The van der Waals surface area contributed by atoms with E-state index in [1.807, 2.05) is 30.3 Å². The van der Waals surface area contributed by atoms with Gasteiger partial charge in [0.2, 0.25) is 0 Å². The molecule has 0 saturated carbocycles. The lowest BCUT2D eigenvalue weighted by atomic mass is 9.80. The fourth-order valence-electron chi connectivity index (χ4n) is 23.6. The van der Waals surface area contributed by atoms with Gasteiger partial charge in [0, 0.05) is 93.9 Å². The number of hydrogen-bond donors (Lipinski definition) is 0. The molecule has 0 radical (unpaired) electrons. The van der Waals surface area contributed by atoms with Crippen LogP contribution < -0.4 is 14.7 Å². The van der Waals surface area contributed by atoms with Crippen LogP contribution in [-0.2, 0) is 16.2 Å². The summed E-state index contributed by atoms with van der Waals surface area (Å²) >= 11 is 0. The van der Waals surface area contributed by atoms with Crippen LogP contribution in [0.2, 0.25) is 0 Å². The van der Waals surface area contributed by atoms with Crippen molar-refractivity contribution in [1.82, 2.24) is 0 Å². The monoisotopic (exact) mass is 1810 g/mol. The van der Waals surface area contributed by atoms with Gasteiger partial charge in [-0.2, -0.15) is 0 Å². The number of anilines is 9. The predicted octanol–water partition coefficient (Wildman–Crippen LogP) is 38.2. The first-order valence-corrected chi connectivity index (χ1v) is 48.9. The first-order valence-electron chi connectivity index (χ1n) is 48.9. The van der Waals surface area contributed by atoms with Crippen LogP contribution >= 0.6 is 0 Å². The minimum absolute atomic E-state index is 0.144. The molecule has 6 nitrogen and oxygen atoms in total. The fraction of sp³-hybridized carbons (Fsp3) is 0.0667. The number of para-hydroxylation sites is 4. The highest BCUT2D eigenvalue weighted by molar-refractivity contribution is 6.17. The van der Waals surface area contributed by atoms with E-state index in [-0.39, 0.29) is 16.2 Å². The van der Waals surface area contributed by atoms with Gasteiger partial charge in [0.1, 0.15) is 33.5 Å². The lowest BCUT2D eigenvalue weighted by Gasteiger charge is -2.30. The van der Waals surface area contributed by atoms with Crippen LogP contribution in [0, 0.1) is 0 Å². The largest absolute Gasteiger partial charge is 0.456 e. The Hall–Kier alpha value is -17.6. The molecule has 25 aromatic rings. The average Bonchev–Trinajstić information content (AvgIpc) is 1.56. The molecule has 3 heterocycles. The van der Waals surface area contributed by atoms with Gasteiger partial charge in [-0.3, -0.25) is 0 Å². The molecule has 0 bridgehead atoms. The lowest BCUT2D eigenvalue weighted by molar-refractivity contribution is 0.666. The Kier molecular flexibility index (Phi) is 19.9. The van der Waals surface area contributed by atoms with E-state index >= 15 is 0 Å². The van der Waals surface area contributed by atoms with Gasteiger partial charge >= 0.3 is 0 Å². The summed E-state index contributed by atoms with van der Waals surface area (Å²) < 4.78 is 19.1. The van der Waals surface area contributed by atoms with Crippen LogP contribution in [0.3, 0.4) is 0 Å². The Labute approximate surface area is 819 Å². The Balaban J connectivity index is 0.000000109.